The molecule has 0 fully saturated rings. The quantitative estimate of drug-likeness (QED) is 0.397. The molecule has 0 aliphatic carbocycles. The fraction of sp³-hybridized carbons (Fsp3) is 0.389. The Morgan fingerprint density at radius 1 is 1.14 bits per heavy atom. The van der Waals surface area contributed by atoms with Gasteiger partial charge in [0.15, 0.2) is 17.5 Å². The average molecular weight is 410 g/mol. The van der Waals surface area contributed by atoms with E-state index in [0.717, 1.165) is 24.4 Å². The minimum atomic E-state index is -4.51. The summed E-state index contributed by atoms with van der Waals surface area (Å²) in [7, 11) is 1.61. The summed E-state index contributed by atoms with van der Waals surface area (Å²) in [6, 6.07) is 6.31. The lowest BCUT2D eigenvalue weighted by Gasteiger charge is -2.14. The standard InChI is InChI=1S/C18H21F3N6O2/c1-22-16(26-12-3-4-13-14(11-12)29-10-2-9-28-13)24-7-8-25-17-23-6-5-15(27-17)18(19,20)21/h3-6,11H,2,7-10H2,1H3,(H2,22,24,26)(H,23,25,27). The average Bonchev–Trinajstić information content (AvgIpc) is 2.95. The fourth-order valence-corrected chi connectivity index (χ4v) is 2.51. The lowest BCUT2D eigenvalue weighted by atomic mass is 10.3. The third-order valence-electron chi connectivity index (χ3n) is 3.88. The van der Waals surface area contributed by atoms with Crippen molar-refractivity contribution in [1.29, 1.82) is 0 Å². The number of guanidine groups is 1. The summed E-state index contributed by atoms with van der Waals surface area (Å²) < 4.78 is 49.3. The van der Waals surface area contributed by atoms with Crippen molar-refractivity contribution in [3.63, 3.8) is 0 Å². The highest BCUT2D eigenvalue weighted by Crippen LogP contribution is 2.32. The number of anilines is 2. The van der Waals surface area contributed by atoms with E-state index in [4.69, 9.17) is 9.47 Å². The van der Waals surface area contributed by atoms with Crippen LogP contribution in [0.4, 0.5) is 24.8 Å². The van der Waals surface area contributed by atoms with Crippen molar-refractivity contribution in [3.8, 4) is 11.5 Å². The van der Waals surface area contributed by atoms with Crippen molar-refractivity contribution < 1.29 is 22.6 Å². The summed E-state index contributed by atoms with van der Waals surface area (Å²) in [4.78, 5) is 11.4. The van der Waals surface area contributed by atoms with Gasteiger partial charge in [0.25, 0.3) is 0 Å². The van der Waals surface area contributed by atoms with E-state index in [2.05, 4.69) is 30.9 Å². The number of alkyl halides is 3. The number of aromatic nitrogens is 2. The Bertz CT molecular complexity index is 860. The molecular weight excluding hydrogens is 389 g/mol. The van der Waals surface area contributed by atoms with Gasteiger partial charge in [-0.15, -0.1) is 0 Å². The summed E-state index contributed by atoms with van der Waals surface area (Å²) in [5, 5.41) is 8.92. The molecule has 3 N–H and O–H groups in total. The van der Waals surface area contributed by atoms with E-state index in [1.54, 1.807) is 7.05 Å². The minimum Gasteiger partial charge on any atom is -0.490 e. The molecule has 1 aromatic carbocycles. The first-order chi connectivity index (χ1) is 14.0. The number of hydrogen-bond donors (Lipinski definition) is 3. The van der Waals surface area contributed by atoms with Gasteiger partial charge in [0.1, 0.15) is 5.69 Å². The van der Waals surface area contributed by atoms with Crippen molar-refractivity contribution in [1.82, 2.24) is 15.3 Å². The first kappa shape index (κ1) is 20.5. The van der Waals surface area contributed by atoms with Crippen LogP contribution in [0, 0.1) is 0 Å². The summed E-state index contributed by atoms with van der Waals surface area (Å²) in [5.74, 6) is 1.76. The van der Waals surface area contributed by atoms with Crippen molar-refractivity contribution in [2.45, 2.75) is 12.6 Å². The normalized spacial score (nSPS) is 14.1. The molecule has 0 saturated carbocycles. The zero-order valence-electron chi connectivity index (χ0n) is 15.7. The number of nitrogens with zero attached hydrogens (tertiary/aromatic N) is 3. The molecule has 0 radical (unpaired) electrons. The number of rotatable bonds is 5. The van der Waals surface area contributed by atoms with Gasteiger partial charge in [-0.3, -0.25) is 4.99 Å². The van der Waals surface area contributed by atoms with E-state index in [1.165, 1.54) is 0 Å². The second-order valence-corrected chi connectivity index (χ2v) is 6.03. The highest BCUT2D eigenvalue weighted by molar-refractivity contribution is 5.93. The number of hydrogen-bond acceptors (Lipinski definition) is 6. The number of nitrogens with one attached hydrogen (secondary N) is 3. The van der Waals surface area contributed by atoms with Crippen LogP contribution in [0.25, 0.3) is 0 Å². The predicted molar refractivity (Wildman–Crippen MR) is 103 cm³/mol. The zero-order valence-corrected chi connectivity index (χ0v) is 15.7. The molecule has 0 amide bonds. The molecule has 11 heteroatoms. The van der Waals surface area contributed by atoms with E-state index in [1.807, 2.05) is 18.2 Å². The summed E-state index contributed by atoms with van der Waals surface area (Å²) in [6.07, 6.45) is -2.62. The summed E-state index contributed by atoms with van der Waals surface area (Å²) >= 11 is 0. The number of benzene rings is 1. The van der Waals surface area contributed by atoms with Crippen LogP contribution in [0.5, 0.6) is 11.5 Å². The van der Waals surface area contributed by atoms with Crippen molar-refractivity contribution in [2.75, 3.05) is 44.0 Å². The molecule has 8 nitrogen and oxygen atoms in total. The van der Waals surface area contributed by atoms with Crippen LogP contribution in [0.1, 0.15) is 12.1 Å². The van der Waals surface area contributed by atoms with E-state index in [-0.39, 0.29) is 5.95 Å². The summed E-state index contributed by atoms with van der Waals surface area (Å²) in [5.41, 5.74) is -0.230. The van der Waals surface area contributed by atoms with Gasteiger partial charge in [-0.25, -0.2) is 9.97 Å². The van der Waals surface area contributed by atoms with E-state index >= 15 is 0 Å². The highest BCUT2D eigenvalue weighted by Gasteiger charge is 2.32. The van der Waals surface area contributed by atoms with Crippen LogP contribution in [-0.2, 0) is 6.18 Å². The maximum Gasteiger partial charge on any atom is 0.433 e. The van der Waals surface area contributed by atoms with Crippen LogP contribution in [0.2, 0.25) is 0 Å². The second-order valence-electron chi connectivity index (χ2n) is 6.03. The van der Waals surface area contributed by atoms with Crippen LogP contribution in [0.15, 0.2) is 35.5 Å². The van der Waals surface area contributed by atoms with Crippen LogP contribution in [0.3, 0.4) is 0 Å². The van der Waals surface area contributed by atoms with E-state index in [0.29, 0.717) is 43.8 Å². The topological polar surface area (TPSA) is 92.7 Å². The Morgan fingerprint density at radius 3 is 2.69 bits per heavy atom. The molecule has 0 saturated heterocycles. The molecule has 3 rings (SSSR count). The molecule has 2 heterocycles. The second kappa shape index (κ2) is 9.30. The largest absolute Gasteiger partial charge is 0.490 e. The maximum absolute atomic E-state index is 12.7. The molecule has 156 valence electrons. The first-order valence-corrected chi connectivity index (χ1v) is 8.97. The van der Waals surface area contributed by atoms with Gasteiger partial charge in [0.2, 0.25) is 5.95 Å². The molecule has 29 heavy (non-hydrogen) atoms. The lowest BCUT2D eigenvalue weighted by Crippen LogP contribution is -2.34. The van der Waals surface area contributed by atoms with Gasteiger partial charge in [0.05, 0.1) is 13.2 Å². The van der Waals surface area contributed by atoms with Crippen LogP contribution < -0.4 is 25.4 Å². The molecule has 0 unspecified atom stereocenters. The van der Waals surface area contributed by atoms with Gasteiger partial charge in [-0.2, -0.15) is 13.2 Å². The van der Waals surface area contributed by atoms with E-state index < -0.39 is 11.9 Å². The molecular formula is C18H21F3N6O2. The minimum absolute atomic E-state index is 0.0903. The zero-order chi connectivity index (χ0) is 20.7. The summed E-state index contributed by atoms with van der Waals surface area (Å²) in [6.45, 7) is 1.88. The molecule has 0 bridgehead atoms. The first-order valence-electron chi connectivity index (χ1n) is 8.97. The Morgan fingerprint density at radius 2 is 1.93 bits per heavy atom. The molecule has 2 aromatic rings. The Kier molecular flexibility index (Phi) is 6.57. The molecule has 0 spiro atoms. The molecule has 1 aromatic heterocycles. The Labute approximate surface area is 165 Å². The van der Waals surface area contributed by atoms with Gasteiger partial charge in [0, 0.05) is 44.5 Å². The SMILES string of the molecule is CN=C(NCCNc1nccc(C(F)(F)F)n1)Nc1ccc2c(c1)OCCCO2. The smallest absolute Gasteiger partial charge is 0.433 e. The van der Waals surface area contributed by atoms with Crippen molar-refractivity contribution >= 4 is 17.6 Å². The third kappa shape index (κ3) is 5.87. The number of fused-ring (bicyclic) bond motifs is 1. The third-order valence-corrected chi connectivity index (χ3v) is 3.88. The van der Waals surface area contributed by atoms with Gasteiger partial charge in [-0.05, 0) is 18.2 Å². The molecule has 0 atom stereocenters. The van der Waals surface area contributed by atoms with Gasteiger partial charge >= 0.3 is 6.18 Å². The molecule has 1 aliphatic heterocycles. The Balaban J connectivity index is 1.49. The van der Waals surface area contributed by atoms with E-state index in [9.17, 15) is 13.2 Å². The van der Waals surface area contributed by atoms with Crippen molar-refractivity contribution in [3.05, 3.63) is 36.2 Å². The van der Waals surface area contributed by atoms with Gasteiger partial charge in [-0.1, -0.05) is 0 Å². The van der Waals surface area contributed by atoms with Crippen LogP contribution >= 0.6 is 0 Å². The fourth-order valence-electron chi connectivity index (χ4n) is 2.51. The number of aliphatic imine (C=N–C) groups is 1. The number of ether oxygens (including phenoxy) is 2. The monoisotopic (exact) mass is 410 g/mol. The van der Waals surface area contributed by atoms with Crippen LogP contribution in [-0.4, -0.2) is 49.3 Å². The van der Waals surface area contributed by atoms with Gasteiger partial charge < -0.3 is 25.4 Å². The number of halogens is 3. The Hall–Kier alpha value is -3.24. The van der Waals surface area contributed by atoms with Crippen molar-refractivity contribution in [2.24, 2.45) is 4.99 Å². The lowest BCUT2D eigenvalue weighted by molar-refractivity contribution is -0.141. The maximum atomic E-state index is 12.7. The highest BCUT2D eigenvalue weighted by atomic mass is 19.4. The predicted octanol–water partition coefficient (Wildman–Crippen LogP) is 2.76. The molecule has 1 aliphatic rings.